The molecule has 1 aromatic heterocycles. The van der Waals surface area contributed by atoms with Crippen molar-refractivity contribution < 1.29 is 13.9 Å². The Labute approximate surface area is 151 Å². The second-order valence-electron chi connectivity index (χ2n) is 6.82. The number of piperidine rings is 3. The summed E-state index contributed by atoms with van der Waals surface area (Å²) >= 11 is 5.79. The van der Waals surface area contributed by atoms with Crippen molar-refractivity contribution in [3.8, 4) is 11.7 Å². The molecule has 5 nitrogen and oxygen atoms in total. The fourth-order valence-electron chi connectivity index (χ4n) is 3.92. The van der Waals surface area contributed by atoms with Crippen molar-refractivity contribution in [3.05, 3.63) is 47.2 Å². The third kappa shape index (κ3) is 3.39. The Morgan fingerprint density at radius 3 is 2.60 bits per heavy atom. The van der Waals surface area contributed by atoms with E-state index in [1.54, 1.807) is 30.3 Å². The van der Waals surface area contributed by atoms with Crippen LogP contribution < -0.4 is 10.1 Å². The van der Waals surface area contributed by atoms with Gasteiger partial charge in [0.05, 0.1) is 5.02 Å². The third-order valence-corrected chi connectivity index (χ3v) is 5.55. The van der Waals surface area contributed by atoms with E-state index in [-0.39, 0.29) is 11.9 Å². The maximum atomic E-state index is 12.6. The minimum atomic E-state index is -0.0295. The first kappa shape index (κ1) is 16.5. The van der Waals surface area contributed by atoms with E-state index in [9.17, 15) is 4.79 Å². The molecule has 1 N–H and O–H groups in total. The molecule has 5 rings (SSSR count). The van der Waals surface area contributed by atoms with E-state index >= 15 is 0 Å². The molecule has 0 saturated carbocycles. The predicted molar refractivity (Wildman–Crippen MR) is 95.2 cm³/mol. The molecule has 3 fully saturated rings. The number of carbonyl (C=O) groups is 1. The Hall–Kier alpha value is -1.98. The molecule has 0 unspecified atom stereocenters. The number of rotatable bonds is 4. The van der Waals surface area contributed by atoms with Gasteiger partial charge in [0.2, 0.25) is 0 Å². The Balaban J connectivity index is 1.40. The molecule has 4 heterocycles. The van der Waals surface area contributed by atoms with Crippen LogP contribution in [0, 0.1) is 5.92 Å². The molecule has 132 valence electrons. The van der Waals surface area contributed by atoms with E-state index in [0.29, 0.717) is 34.2 Å². The number of carbonyl (C=O) groups excluding carboxylic acids is 1. The van der Waals surface area contributed by atoms with Crippen molar-refractivity contribution in [2.75, 3.05) is 13.1 Å². The number of amides is 1. The molecule has 3 aliphatic rings. The number of ether oxygens (including phenoxy) is 1. The average Bonchev–Trinajstić information content (AvgIpc) is 3.04. The molecule has 2 aromatic rings. The van der Waals surface area contributed by atoms with E-state index < -0.39 is 0 Å². The van der Waals surface area contributed by atoms with Gasteiger partial charge in [-0.05, 0) is 63.0 Å². The van der Waals surface area contributed by atoms with Gasteiger partial charge in [-0.3, -0.25) is 9.69 Å². The summed E-state index contributed by atoms with van der Waals surface area (Å²) in [6.07, 6.45) is 3.76. The van der Waals surface area contributed by atoms with Crippen molar-refractivity contribution in [2.45, 2.75) is 31.8 Å². The standard InChI is InChI=1S/C19H21ClN2O3/c1-12-18(13-6-8-22(12)9-7-13)21-19(23)14-2-4-16(5-3-14)25-17-10-15(20)11-24-17/h2-5,10-13,18H,6-9H2,1H3,(H,21,23)/t12-,18+/m1/s1. The quantitative estimate of drug-likeness (QED) is 0.897. The maximum Gasteiger partial charge on any atom is 0.291 e. The van der Waals surface area contributed by atoms with E-state index in [1.165, 1.54) is 19.1 Å². The molecular formula is C19H21ClN2O3. The molecule has 6 heteroatoms. The fourth-order valence-corrected chi connectivity index (χ4v) is 4.05. The zero-order valence-corrected chi connectivity index (χ0v) is 14.8. The molecule has 3 saturated heterocycles. The van der Waals surface area contributed by atoms with Crippen molar-refractivity contribution in [3.63, 3.8) is 0 Å². The summed E-state index contributed by atoms with van der Waals surface area (Å²) in [6.45, 7) is 4.52. The fraction of sp³-hybridized carbons (Fsp3) is 0.421. The lowest BCUT2D eigenvalue weighted by atomic mass is 9.79. The number of nitrogens with zero attached hydrogens (tertiary/aromatic N) is 1. The van der Waals surface area contributed by atoms with Gasteiger partial charge >= 0.3 is 0 Å². The Morgan fingerprint density at radius 1 is 1.28 bits per heavy atom. The van der Waals surface area contributed by atoms with Gasteiger partial charge in [-0.15, -0.1) is 0 Å². The van der Waals surface area contributed by atoms with Crippen LogP contribution in [-0.2, 0) is 0 Å². The minimum Gasteiger partial charge on any atom is -0.432 e. The molecule has 0 aliphatic carbocycles. The molecule has 3 aliphatic heterocycles. The van der Waals surface area contributed by atoms with Crippen LogP contribution in [0.5, 0.6) is 11.7 Å². The highest BCUT2D eigenvalue weighted by Crippen LogP contribution is 2.32. The first-order valence-corrected chi connectivity index (χ1v) is 9.05. The summed E-state index contributed by atoms with van der Waals surface area (Å²) in [5.41, 5.74) is 0.633. The Bertz CT molecular complexity index is 748. The van der Waals surface area contributed by atoms with Crippen molar-refractivity contribution in [1.29, 1.82) is 0 Å². The third-order valence-electron chi connectivity index (χ3n) is 5.35. The highest BCUT2D eigenvalue weighted by Gasteiger charge is 2.40. The SMILES string of the molecule is C[C@@H]1[C@H](NC(=O)c2ccc(Oc3cc(Cl)co3)cc2)C2CCN1CC2. The van der Waals surface area contributed by atoms with Crippen LogP contribution in [-0.4, -0.2) is 36.0 Å². The van der Waals surface area contributed by atoms with Crippen LogP contribution >= 0.6 is 11.6 Å². The number of halogens is 1. The predicted octanol–water partition coefficient (Wildman–Crippen LogP) is 3.94. The molecule has 1 aromatic carbocycles. The van der Waals surface area contributed by atoms with Gasteiger partial charge in [-0.25, -0.2) is 0 Å². The highest BCUT2D eigenvalue weighted by atomic mass is 35.5. The number of fused-ring (bicyclic) bond motifs is 3. The smallest absolute Gasteiger partial charge is 0.291 e. The zero-order chi connectivity index (χ0) is 17.4. The molecule has 2 atom stereocenters. The molecule has 25 heavy (non-hydrogen) atoms. The molecule has 0 spiro atoms. The van der Waals surface area contributed by atoms with Crippen molar-refractivity contribution in [1.82, 2.24) is 10.2 Å². The van der Waals surface area contributed by atoms with Crippen LogP contribution in [0.15, 0.2) is 41.0 Å². The van der Waals surface area contributed by atoms with Gasteiger partial charge in [-0.1, -0.05) is 11.6 Å². The summed E-state index contributed by atoms with van der Waals surface area (Å²) in [5.74, 6) is 1.48. The van der Waals surface area contributed by atoms with Gasteiger partial charge < -0.3 is 14.5 Å². The number of nitrogens with one attached hydrogen (secondary N) is 1. The normalized spacial score (nSPS) is 27.9. The lowest BCUT2D eigenvalue weighted by Crippen LogP contribution is -2.62. The van der Waals surface area contributed by atoms with Crippen LogP contribution in [0.2, 0.25) is 5.02 Å². The maximum absolute atomic E-state index is 12.6. The van der Waals surface area contributed by atoms with E-state index in [0.717, 1.165) is 13.1 Å². The van der Waals surface area contributed by atoms with Crippen LogP contribution in [0.3, 0.4) is 0 Å². The summed E-state index contributed by atoms with van der Waals surface area (Å²) in [5, 5.41) is 3.72. The van der Waals surface area contributed by atoms with Gasteiger partial charge in [0.15, 0.2) is 0 Å². The Kier molecular flexibility index (Phi) is 4.44. The lowest BCUT2D eigenvalue weighted by molar-refractivity contribution is 0.0217. The summed E-state index contributed by atoms with van der Waals surface area (Å²) in [4.78, 5) is 15.1. The average molecular weight is 361 g/mol. The van der Waals surface area contributed by atoms with Crippen LogP contribution in [0.25, 0.3) is 0 Å². The highest BCUT2D eigenvalue weighted by molar-refractivity contribution is 6.30. The minimum absolute atomic E-state index is 0.0295. The first-order chi connectivity index (χ1) is 12.1. The zero-order valence-electron chi connectivity index (χ0n) is 14.1. The number of furan rings is 1. The van der Waals surface area contributed by atoms with Crippen LogP contribution in [0.4, 0.5) is 0 Å². The second kappa shape index (κ2) is 6.73. The summed E-state index contributed by atoms with van der Waals surface area (Å²) < 4.78 is 10.7. The van der Waals surface area contributed by atoms with Gasteiger partial charge in [0.1, 0.15) is 12.0 Å². The second-order valence-corrected chi connectivity index (χ2v) is 7.26. The number of benzene rings is 1. The monoisotopic (exact) mass is 360 g/mol. The van der Waals surface area contributed by atoms with E-state index in [1.807, 2.05) is 0 Å². The number of hydrogen-bond donors (Lipinski definition) is 1. The topological polar surface area (TPSA) is 54.7 Å². The molecule has 0 radical (unpaired) electrons. The van der Waals surface area contributed by atoms with Gasteiger partial charge in [0, 0.05) is 23.7 Å². The largest absolute Gasteiger partial charge is 0.432 e. The first-order valence-electron chi connectivity index (χ1n) is 8.67. The summed E-state index contributed by atoms with van der Waals surface area (Å²) in [6, 6.07) is 9.27. The summed E-state index contributed by atoms with van der Waals surface area (Å²) in [7, 11) is 0. The van der Waals surface area contributed by atoms with Gasteiger partial charge in [-0.2, -0.15) is 0 Å². The van der Waals surface area contributed by atoms with Crippen LogP contribution in [0.1, 0.15) is 30.1 Å². The molecular weight excluding hydrogens is 340 g/mol. The van der Waals surface area contributed by atoms with Crippen molar-refractivity contribution >= 4 is 17.5 Å². The molecule has 1 amide bonds. The molecule has 2 bridgehead atoms. The van der Waals surface area contributed by atoms with Gasteiger partial charge in [0.25, 0.3) is 11.9 Å². The Morgan fingerprint density at radius 2 is 2.00 bits per heavy atom. The van der Waals surface area contributed by atoms with E-state index in [4.69, 9.17) is 20.8 Å². The number of hydrogen-bond acceptors (Lipinski definition) is 4. The van der Waals surface area contributed by atoms with E-state index in [2.05, 4.69) is 17.1 Å². The lowest BCUT2D eigenvalue weighted by Gasteiger charge is -2.49. The van der Waals surface area contributed by atoms with Crippen molar-refractivity contribution in [2.24, 2.45) is 5.92 Å².